The van der Waals surface area contributed by atoms with Crippen molar-refractivity contribution < 1.29 is 0 Å². The Labute approximate surface area is 114 Å². The van der Waals surface area contributed by atoms with Crippen LogP contribution in [0.2, 0.25) is 5.02 Å². The van der Waals surface area contributed by atoms with Gasteiger partial charge < -0.3 is 11.5 Å². The molecule has 2 aromatic heterocycles. The smallest absolute Gasteiger partial charge is 0.224 e. The minimum atomic E-state index is 0.116. The number of benzene rings is 1. The Hall–Kier alpha value is -2.40. The molecular formula is C13H10ClN5. The van der Waals surface area contributed by atoms with Crippen molar-refractivity contribution in [3.63, 3.8) is 0 Å². The average molecular weight is 272 g/mol. The van der Waals surface area contributed by atoms with Crippen LogP contribution in [0.4, 0.5) is 11.8 Å². The molecule has 94 valence electrons. The molecule has 19 heavy (non-hydrogen) atoms. The monoisotopic (exact) mass is 271 g/mol. The standard InChI is InChI=1S/C13H10ClN5/c14-8-3-1-7(2-4-8)9-5-6-17-12-10(9)11(15)18-13(16)19-12/h1-6H,(H4,15,16,17,18,19). The van der Waals surface area contributed by atoms with E-state index in [2.05, 4.69) is 15.0 Å². The molecule has 0 saturated heterocycles. The van der Waals surface area contributed by atoms with E-state index in [0.29, 0.717) is 21.9 Å². The van der Waals surface area contributed by atoms with Gasteiger partial charge in [-0.05, 0) is 29.3 Å². The molecule has 0 aliphatic rings. The Morgan fingerprint density at radius 1 is 0.947 bits per heavy atom. The summed E-state index contributed by atoms with van der Waals surface area (Å²) in [6, 6.07) is 9.32. The molecule has 4 N–H and O–H groups in total. The quantitative estimate of drug-likeness (QED) is 0.710. The highest BCUT2D eigenvalue weighted by Gasteiger charge is 2.10. The maximum absolute atomic E-state index is 5.93. The summed E-state index contributed by atoms with van der Waals surface area (Å²) in [7, 11) is 0. The van der Waals surface area contributed by atoms with Crippen molar-refractivity contribution in [2.24, 2.45) is 0 Å². The molecular weight excluding hydrogens is 262 g/mol. The summed E-state index contributed by atoms with van der Waals surface area (Å²) in [5.74, 6) is 0.436. The highest BCUT2D eigenvalue weighted by atomic mass is 35.5. The van der Waals surface area contributed by atoms with Gasteiger partial charge in [0, 0.05) is 11.2 Å². The lowest BCUT2D eigenvalue weighted by molar-refractivity contribution is 1.20. The molecule has 0 fully saturated rings. The first-order valence-corrected chi connectivity index (χ1v) is 5.96. The normalized spacial score (nSPS) is 10.8. The molecule has 0 bridgehead atoms. The summed E-state index contributed by atoms with van der Waals surface area (Å²) in [6.45, 7) is 0. The van der Waals surface area contributed by atoms with Gasteiger partial charge in [0.2, 0.25) is 5.95 Å². The maximum atomic E-state index is 5.93. The Balaban J connectivity index is 2.32. The number of anilines is 2. The molecule has 3 rings (SSSR count). The van der Waals surface area contributed by atoms with Gasteiger partial charge >= 0.3 is 0 Å². The Morgan fingerprint density at radius 3 is 2.42 bits per heavy atom. The largest absolute Gasteiger partial charge is 0.383 e. The van der Waals surface area contributed by atoms with Crippen LogP contribution in [0, 0.1) is 0 Å². The molecule has 6 heteroatoms. The first-order valence-electron chi connectivity index (χ1n) is 5.59. The summed E-state index contributed by atoms with van der Waals surface area (Å²) in [4.78, 5) is 12.2. The van der Waals surface area contributed by atoms with E-state index in [-0.39, 0.29) is 5.95 Å². The van der Waals surface area contributed by atoms with Crippen LogP contribution < -0.4 is 11.5 Å². The van der Waals surface area contributed by atoms with E-state index < -0.39 is 0 Å². The van der Waals surface area contributed by atoms with E-state index in [9.17, 15) is 0 Å². The average Bonchev–Trinajstić information content (AvgIpc) is 2.38. The second-order valence-electron chi connectivity index (χ2n) is 4.03. The van der Waals surface area contributed by atoms with Crippen molar-refractivity contribution in [3.8, 4) is 11.1 Å². The van der Waals surface area contributed by atoms with Gasteiger partial charge in [-0.15, -0.1) is 0 Å². The summed E-state index contributed by atoms with van der Waals surface area (Å²) < 4.78 is 0. The van der Waals surface area contributed by atoms with Gasteiger partial charge in [-0.2, -0.15) is 9.97 Å². The zero-order valence-electron chi connectivity index (χ0n) is 9.84. The Kier molecular flexibility index (Phi) is 2.68. The lowest BCUT2D eigenvalue weighted by Gasteiger charge is -2.08. The lowest BCUT2D eigenvalue weighted by atomic mass is 10.0. The third-order valence-electron chi connectivity index (χ3n) is 2.80. The van der Waals surface area contributed by atoms with E-state index in [0.717, 1.165) is 11.1 Å². The molecule has 0 aliphatic heterocycles. The van der Waals surface area contributed by atoms with Crippen molar-refractivity contribution >= 4 is 34.4 Å². The number of nitrogens with zero attached hydrogens (tertiary/aromatic N) is 3. The third-order valence-corrected chi connectivity index (χ3v) is 3.05. The summed E-state index contributed by atoms with van der Waals surface area (Å²) in [5.41, 5.74) is 13.9. The van der Waals surface area contributed by atoms with E-state index in [1.54, 1.807) is 6.20 Å². The number of nitrogens with two attached hydrogens (primary N) is 2. The van der Waals surface area contributed by atoms with Crippen LogP contribution >= 0.6 is 11.6 Å². The van der Waals surface area contributed by atoms with E-state index in [4.69, 9.17) is 23.1 Å². The lowest BCUT2D eigenvalue weighted by Crippen LogP contribution is -2.02. The highest BCUT2D eigenvalue weighted by Crippen LogP contribution is 2.30. The van der Waals surface area contributed by atoms with Gasteiger partial charge in [0.15, 0.2) is 5.65 Å². The topological polar surface area (TPSA) is 90.7 Å². The minimum absolute atomic E-state index is 0.116. The molecule has 0 aliphatic carbocycles. The van der Waals surface area contributed by atoms with Crippen molar-refractivity contribution in [2.75, 3.05) is 11.5 Å². The number of nitrogen functional groups attached to an aromatic ring is 2. The SMILES string of the molecule is Nc1nc(N)c2c(-c3ccc(Cl)cc3)ccnc2n1. The second-order valence-corrected chi connectivity index (χ2v) is 4.47. The highest BCUT2D eigenvalue weighted by molar-refractivity contribution is 6.30. The molecule has 2 heterocycles. The maximum Gasteiger partial charge on any atom is 0.224 e. The molecule has 0 amide bonds. The van der Waals surface area contributed by atoms with Crippen LogP contribution in [0.3, 0.4) is 0 Å². The molecule has 5 nitrogen and oxygen atoms in total. The number of rotatable bonds is 1. The fraction of sp³-hybridized carbons (Fsp3) is 0. The zero-order chi connectivity index (χ0) is 13.4. The second kappa shape index (κ2) is 4.37. The van der Waals surface area contributed by atoms with Crippen LogP contribution in [0.15, 0.2) is 36.5 Å². The molecule has 0 saturated carbocycles. The van der Waals surface area contributed by atoms with E-state index >= 15 is 0 Å². The van der Waals surface area contributed by atoms with Crippen molar-refractivity contribution in [2.45, 2.75) is 0 Å². The zero-order valence-corrected chi connectivity index (χ0v) is 10.6. The van der Waals surface area contributed by atoms with Crippen LogP contribution in [0.25, 0.3) is 22.2 Å². The van der Waals surface area contributed by atoms with Crippen molar-refractivity contribution in [1.29, 1.82) is 0 Å². The molecule has 0 unspecified atom stereocenters. The van der Waals surface area contributed by atoms with Crippen LogP contribution in [-0.2, 0) is 0 Å². The van der Waals surface area contributed by atoms with Crippen LogP contribution in [0.1, 0.15) is 0 Å². The number of pyridine rings is 1. The van der Waals surface area contributed by atoms with Gasteiger partial charge in [0.05, 0.1) is 5.39 Å². The van der Waals surface area contributed by atoms with Gasteiger partial charge in [-0.1, -0.05) is 23.7 Å². The molecule has 3 aromatic rings. The number of hydrogen-bond donors (Lipinski definition) is 2. The van der Waals surface area contributed by atoms with Crippen molar-refractivity contribution in [3.05, 3.63) is 41.6 Å². The number of hydrogen-bond acceptors (Lipinski definition) is 5. The van der Waals surface area contributed by atoms with Gasteiger partial charge in [-0.25, -0.2) is 4.98 Å². The summed E-state index contributed by atoms with van der Waals surface area (Å²) >= 11 is 5.89. The van der Waals surface area contributed by atoms with E-state index in [1.165, 1.54) is 0 Å². The number of aromatic nitrogens is 3. The van der Waals surface area contributed by atoms with Gasteiger partial charge in [-0.3, -0.25) is 0 Å². The van der Waals surface area contributed by atoms with Crippen molar-refractivity contribution in [1.82, 2.24) is 15.0 Å². The predicted octanol–water partition coefficient (Wildman–Crippen LogP) is 2.51. The van der Waals surface area contributed by atoms with E-state index in [1.807, 2.05) is 30.3 Å². The third kappa shape index (κ3) is 2.04. The predicted molar refractivity (Wildman–Crippen MR) is 76.6 cm³/mol. The van der Waals surface area contributed by atoms with Crippen LogP contribution in [-0.4, -0.2) is 15.0 Å². The summed E-state index contributed by atoms with van der Waals surface area (Å²) in [5, 5.41) is 1.37. The fourth-order valence-electron chi connectivity index (χ4n) is 1.97. The van der Waals surface area contributed by atoms with Crippen LogP contribution in [0.5, 0.6) is 0 Å². The minimum Gasteiger partial charge on any atom is -0.383 e. The first kappa shape index (κ1) is 11.7. The summed E-state index contributed by atoms with van der Waals surface area (Å²) in [6.07, 6.45) is 1.66. The molecule has 0 radical (unpaired) electrons. The molecule has 0 spiro atoms. The van der Waals surface area contributed by atoms with Gasteiger partial charge in [0.25, 0.3) is 0 Å². The number of halogens is 1. The Bertz CT molecular complexity index is 755. The first-order chi connectivity index (χ1) is 9.15. The van der Waals surface area contributed by atoms with Gasteiger partial charge in [0.1, 0.15) is 5.82 Å². The Morgan fingerprint density at radius 2 is 1.68 bits per heavy atom. The fourth-order valence-corrected chi connectivity index (χ4v) is 2.10. The molecule has 1 aromatic carbocycles. The number of fused-ring (bicyclic) bond motifs is 1. The molecule has 0 atom stereocenters.